The van der Waals surface area contributed by atoms with Crippen LogP contribution in [0.25, 0.3) is 0 Å². The lowest BCUT2D eigenvalue weighted by molar-refractivity contribution is -0.123. The lowest BCUT2D eigenvalue weighted by Gasteiger charge is -2.33. The van der Waals surface area contributed by atoms with Crippen molar-refractivity contribution in [3.63, 3.8) is 0 Å². The maximum absolute atomic E-state index is 11.9. The first-order chi connectivity index (χ1) is 9.15. The Kier molecular flexibility index (Phi) is 4.93. The van der Waals surface area contributed by atoms with Crippen LogP contribution in [0.4, 0.5) is 0 Å². The van der Waals surface area contributed by atoms with Crippen LogP contribution in [0.2, 0.25) is 0 Å². The van der Waals surface area contributed by atoms with E-state index in [1.165, 1.54) is 5.56 Å². The number of hydrogen-bond donors (Lipinski definition) is 2. The normalized spacial score (nSPS) is 20.2. The van der Waals surface area contributed by atoms with Crippen molar-refractivity contribution in [1.82, 2.24) is 15.5 Å². The van der Waals surface area contributed by atoms with Gasteiger partial charge in [-0.25, -0.2) is 0 Å². The zero-order chi connectivity index (χ0) is 13.7. The topological polar surface area (TPSA) is 44.4 Å². The Bertz CT molecular complexity index is 433. The fraction of sp³-hybridized carbons (Fsp3) is 0.533. The van der Waals surface area contributed by atoms with Gasteiger partial charge in [-0.1, -0.05) is 29.8 Å². The molecule has 0 saturated carbocycles. The van der Waals surface area contributed by atoms with Gasteiger partial charge in [-0.2, -0.15) is 0 Å². The number of nitrogens with one attached hydrogen (secondary N) is 2. The number of piperazine rings is 1. The summed E-state index contributed by atoms with van der Waals surface area (Å²) in [7, 11) is 0. The average Bonchev–Trinajstić information content (AvgIpc) is 2.39. The molecule has 1 aromatic carbocycles. The predicted octanol–water partition coefficient (Wildman–Crippen LogP) is 0.905. The molecule has 0 aliphatic carbocycles. The summed E-state index contributed by atoms with van der Waals surface area (Å²) in [6.45, 7) is 8.20. The van der Waals surface area contributed by atoms with E-state index in [2.05, 4.69) is 41.5 Å². The van der Waals surface area contributed by atoms with Gasteiger partial charge in [0.2, 0.25) is 5.91 Å². The molecule has 1 heterocycles. The molecule has 0 unspecified atom stereocenters. The van der Waals surface area contributed by atoms with Crippen molar-refractivity contribution in [3.05, 3.63) is 35.4 Å². The number of nitrogens with zero attached hydrogens (tertiary/aromatic N) is 1. The maximum atomic E-state index is 11.9. The minimum atomic E-state index is 0.107. The minimum Gasteiger partial charge on any atom is -0.351 e. The molecule has 1 atom stereocenters. The number of hydrogen-bond acceptors (Lipinski definition) is 3. The number of benzene rings is 1. The summed E-state index contributed by atoms with van der Waals surface area (Å²) in [6.07, 6.45) is 0. The van der Waals surface area contributed by atoms with Crippen molar-refractivity contribution in [2.45, 2.75) is 26.4 Å². The Morgan fingerprint density at radius 3 is 3.11 bits per heavy atom. The molecular formula is C15H23N3O. The van der Waals surface area contributed by atoms with Gasteiger partial charge in [0, 0.05) is 32.2 Å². The second-order valence-corrected chi connectivity index (χ2v) is 5.29. The highest BCUT2D eigenvalue weighted by atomic mass is 16.2. The largest absolute Gasteiger partial charge is 0.351 e. The van der Waals surface area contributed by atoms with Crippen LogP contribution < -0.4 is 10.6 Å². The van der Waals surface area contributed by atoms with Crippen molar-refractivity contribution in [2.24, 2.45) is 0 Å². The molecule has 2 N–H and O–H groups in total. The second-order valence-electron chi connectivity index (χ2n) is 5.29. The zero-order valence-electron chi connectivity index (χ0n) is 11.8. The van der Waals surface area contributed by atoms with Crippen molar-refractivity contribution in [3.8, 4) is 0 Å². The van der Waals surface area contributed by atoms with E-state index in [0.29, 0.717) is 19.1 Å². The van der Waals surface area contributed by atoms with Gasteiger partial charge in [0.05, 0.1) is 6.54 Å². The number of carbonyl (C=O) groups is 1. The first-order valence-corrected chi connectivity index (χ1v) is 6.92. The Morgan fingerprint density at radius 2 is 2.37 bits per heavy atom. The smallest absolute Gasteiger partial charge is 0.234 e. The zero-order valence-corrected chi connectivity index (χ0v) is 11.8. The minimum absolute atomic E-state index is 0.107. The van der Waals surface area contributed by atoms with Crippen LogP contribution in [0, 0.1) is 6.92 Å². The molecule has 1 aliphatic rings. The Hall–Kier alpha value is -1.39. The Labute approximate surface area is 115 Å². The van der Waals surface area contributed by atoms with E-state index >= 15 is 0 Å². The average molecular weight is 261 g/mol. The van der Waals surface area contributed by atoms with Crippen LogP contribution in [0.3, 0.4) is 0 Å². The molecule has 4 heteroatoms. The van der Waals surface area contributed by atoms with Crippen LogP contribution in [0.15, 0.2) is 24.3 Å². The summed E-state index contributed by atoms with van der Waals surface area (Å²) in [5.74, 6) is 0.107. The van der Waals surface area contributed by atoms with Gasteiger partial charge in [0.25, 0.3) is 0 Å². The summed E-state index contributed by atoms with van der Waals surface area (Å²) in [6, 6.07) is 8.66. The highest BCUT2D eigenvalue weighted by molar-refractivity contribution is 5.78. The standard InChI is InChI=1S/C15H23N3O/c1-12-4-3-5-14(8-12)10-17-15(19)11-18-7-6-16-9-13(18)2/h3-5,8,13,16H,6-7,9-11H2,1-2H3,(H,17,19)/t13-/m0/s1. The lowest BCUT2D eigenvalue weighted by Crippen LogP contribution is -2.52. The van der Waals surface area contributed by atoms with Crippen molar-refractivity contribution < 1.29 is 4.79 Å². The molecule has 104 valence electrons. The summed E-state index contributed by atoms with van der Waals surface area (Å²) < 4.78 is 0. The third-order valence-corrected chi connectivity index (χ3v) is 3.56. The van der Waals surface area contributed by atoms with Crippen molar-refractivity contribution in [1.29, 1.82) is 0 Å². The van der Waals surface area contributed by atoms with Gasteiger partial charge < -0.3 is 10.6 Å². The van der Waals surface area contributed by atoms with Crippen LogP contribution in [-0.2, 0) is 11.3 Å². The number of aryl methyl sites for hydroxylation is 1. The van der Waals surface area contributed by atoms with E-state index in [-0.39, 0.29) is 5.91 Å². The molecule has 1 aliphatic heterocycles. The molecule has 0 bridgehead atoms. The third-order valence-electron chi connectivity index (χ3n) is 3.56. The van der Waals surface area contributed by atoms with E-state index in [1.807, 2.05) is 12.1 Å². The van der Waals surface area contributed by atoms with Crippen LogP contribution in [0.5, 0.6) is 0 Å². The predicted molar refractivity (Wildman–Crippen MR) is 76.9 cm³/mol. The molecular weight excluding hydrogens is 238 g/mol. The molecule has 1 aromatic rings. The van der Waals surface area contributed by atoms with E-state index < -0.39 is 0 Å². The van der Waals surface area contributed by atoms with E-state index in [1.54, 1.807) is 0 Å². The SMILES string of the molecule is Cc1cccc(CNC(=O)CN2CCNC[C@@H]2C)c1. The van der Waals surface area contributed by atoms with E-state index in [0.717, 1.165) is 25.2 Å². The molecule has 0 spiro atoms. The van der Waals surface area contributed by atoms with Gasteiger partial charge in [0.15, 0.2) is 0 Å². The number of carbonyl (C=O) groups excluding carboxylic acids is 1. The fourth-order valence-corrected chi connectivity index (χ4v) is 2.38. The molecule has 4 nitrogen and oxygen atoms in total. The summed E-state index contributed by atoms with van der Waals surface area (Å²) in [5.41, 5.74) is 2.38. The first kappa shape index (κ1) is 14.0. The summed E-state index contributed by atoms with van der Waals surface area (Å²) >= 11 is 0. The van der Waals surface area contributed by atoms with Gasteiger partial charge >= 0.3 is 0 Å². The van der Waals surface area contributed by atoms with Gasteiger partial charge in [-0.3, -0.25) is 9.69 Å². The molecule has 2 rings (SSSR count). The van der Waals surface area contributed by atoms with E-state index in [4.69, 9.17) is 0 Å². The molecule has 0 radical (unpaired) electrons. The summed E-state index contributed by atoms with van der Waals surface area (Å²) in [5, 5.41) is 6.32. The van der Waals surface area contributed by atoms with Crippen molar-refractivity contribution in [2.75, 3.05) is 26.2 Å². The van der Waals surface area contributed by atoms with Gasteiger partial charge in [-0.15, -0.1) is 0 Å². The number of rotatable bonds is 4. The Morgan fingerprint density at radius 1 is 1.53 bits per heavy atom. The quantitative estimate of drug-likeness (QED) is 0.846. The molecule has 1 amide bonds. The maximum Gasteiger partial charge on any atom is 0.234 e. The highest BCUT2D eigenvalue weighted by Gasteiger charge is 2.19. The third kappa shape index (κ3) is 4.33. The fourth-order valence-electron chi connectivity index (χ4n) is 2.38. The molecule has 1 fully saturated rings. The number of amides is 1. The Balaban J connectivity index is 1.78. The van der Waals surface area contributed by atoms with E-state index in [9.17, 15) is 4.79 Å². The van der Waals surface area contributed by atoms with Crippen LogP contribution in [0.1, 0.15) is 18.1 Å². The molecule has 1 saturated heterocycles. The van der Waals surface area contributed by atoms with Crippen molar-refractivity contribution >= 4 is 5.91 Å². The summed E-state index contributed by atoms with van der Waals surface area (Å²) in [4.78, 5) is 14.2. The molecule has 19 heavy (non-hydrogen) atoms. The monoisotopic (exact) mass is 261 g/mol. The molecule has 0 aromatic heterocycles. The van der Waals surface area contributed by atoms with Crippen LogP contribution >= 0.6 is 0 Å². The van der Waals surface area contributed by atoms with Gasteiger partial charge in [-0.05, 0) is 19.4 Å². The first-order valence-electron chi connectivity index (χ1n) is 6.92. The van der Waals surface area contributed by atoms with Gasteiger partial charge in [0.1, 0.15) is 0 Å². The second kappa shape index (κ2) is 6.68. The van der Waals surface area contributed by atoms with Crippen LogP contribution in [-0.4, -0.2) is 43.0 Å². The lowest BCUT2D eigenvalue weighted by atomic mass is 10.1. The highest BCUT2D eigenvalue weighted by Crippen LogP contribution is 2.04.